The van der Waals surface area contributed by atoms with Crippen LogP contribution in [0.3, 0.4) is 0 Å². The van der Waals surface area contributed by atoms with Gasteiger partial charge < -0.3 is 14.8 Å². The van der Waals surface area contributed by atoms with Crippen LogP contribution in [-0.2, 0) is 6.54 Å². The van der Waals surface area contributed by atoms with Crippen molar-refractivity contribution >= 4 is 17.0 Å². The van der Waals surface area contributed by atoms with Gasteiger partial charge in [-0.05, 0) is 31.5 Å². The van der Waals surface area contributed by atoms with E-state index < -0.39 is 12.1 Å². The van der Waals surface area contributed by atoms with Crippen LogP contribution < -0.4 is 0 Å². The summed E-state index contributed by atoms with van der Waals surface area (Å²) in [4.78, 5) is 15.7. The van der Waals surface area contributed by atoms with E-state index in [9.17, 15) is 9.90 Å². The van der Waals surface area contributed by atoms with E-state index in [1.54, 1.807) is 25.1 Å². The molecule has 0 aliphatic rings. The largest absolute Gasteiger partial charge is 0.478 e. The van der Waals surface area contributed by atoms with Gasteiger partial charge in [-0.2, -0.15) is 0 Å². The first-order valence-corrected chi connectivity index (χ1v) is 6.81. The summed E-state index contributed by atoms with van der Waals surface area (Å²) in [5.74, 6) is 0.217. The number of nitrogens with zero attached hydrogens (tertiary/aromatic N) is 2. The molecule has 0 saturated carbocycles. The molecule has 1 unspecified atom stereocenters. The molecule has 1 aromatic heterocycles. The number of carboxylic acids is 1. The molecule has 0 amide bonds. The molecule has 2 N–H and O–H groups in total. The lowest BCUT2D eigenvalue weighted by molar-refractivity contribution is 0.0697. The number of aromatic nitrogens is 2. The molecule has 5 nitrogen and oxygen atoms in total. The number of rotatable bonds is 5. The highest BCUT2D eigenvalue weighted by atomic mass is 16.4. The summed E-state index contributed by atoms with van der Waals surface area (Å²) in [6.07, 6.45) is 0.220. The van der Waals surface area contributed by atoms with Crippen LogP contribution in [0.5, 0.6) is 0 Å². The molecular formula is C15H20N2O3. The molecule has 0 spiro atoms. The highest BCUT2D eigenvalue weighted by molar-refractivity contribution is 5.92. The first kappa shape index (κ1) is 14.5. The number of aromatic carboxylic acids is 1. The average molecular weight is 276 g/mol. The first-order chi connectivity index (χ1) is 9.40. The normalized spacial score (nSPS) is 13.1. The lowest BCUT2D eigenvalue weighted by Crippen LogP contribution is -2.11. The molecule has 0 bridgehead atoms. The van der Waals surface area contributed by atoms with Gasteiger partial charge in [0.25, 0.3) is 0 Å². The quantitative estimate of drug-likeness (QED) is 0.880. The Labute approximate surface area is 117 Å². The van der Waals surface area contributed by atoms with E-state index in [4.69, 9.17) is 5.11 Å². The molecular weight excluding hydrogens is 256 g/mol. The van der Waals surface area contributed by atoms with Crippen molar-refractivity contribution in [2.75, 3.05) is 0 Å². The van der Waals surface area contributed by atoms with Crippen molar-refractivity contribution in [3.05, 3.63) is 29.6 Å². The lowest BCUT2D eigenvalue weighted by Gasteiger charge is -2.12. The van der Waals surface area contributed by atoms with E-state index in [0.29, 0.717) is 13.0 Å². The third kappa shape index (κ3) is 2.82. The molecule has 2 aromatic rings. The van der Waals surface area contributed by atoms with Gasteiger partial charge in [0.1, 0.15) is 5.82 Å². The zero-order valence-corrected chi connectivity index (χ0v) is 12.0. The third-order valence-corrected chi connectivity index (χ3v) is 3.31. The fourth-order valence-electron chi connectivity index (χ4n) is 2.27. The van der Waals surface area contributed by atoms with Crippen LogP contribution in [0.2, 0.25) is 0 Å². The van der Waals surface area contributed by atoms with Crippen molar-refractivity contribution in [3.63, 3.8) is 0 Å². The van der Waals surface area contributed by atoms with Gasteiger partial charge in [0.2, 0.25) is 0 Å². The van der Waals surface area contributed by atoms with Crippen molar-refractivity contribution in [1.82, 2.24) is 9.55 Å². The highest BCUT2D eigenvalue weighted by Gasteiger charge is 2.15. The highest BCUT2D eigenvalue weighted by Crippen LogP contribution is 2.23. The van der Waals surface area contributed by atoms with Crippen LogP contribution in [0.15, 0.2) is 18.2 Å². The molecule has 1 atom stereocenters. The summed E-state index contributed by atoms with van der Waals surface area (Å²) in [5.41, 5.74) is 1.87. The van der Waals surface area contributed by atoms with Crippen LogP contribution in [0.1, 0.15) is 49.3 Å². The summed E-state index contributed by atoms with van der Waals surface area (Å²) in [6, 6.07) is 4.96. The maximum atomic E-state index is 11.1. The number of hydrogen-bond donors (Lipinski definition) is 2. The number of fused-ring (bicyclic) bond motifs is 1. The average Bonchev–Trinajstić information content (AvgIpc) is 2.73. The molecule has 0 aliphatic carbocycles. The number of carboxylic acid groups (broad SMARTS) is 1. The van der Waals surface area contributed by atoms with Gasteiger partial charge in [0, 0.05) is 12.5 Å². The van der Waals surface area contributed by atoms with Gasteiger partial charge in [-0.15, -0.1) is 0 Å². The van der Waals surface area contributed by atoms with Crippen molar-refractivity contribution in [3.8, 4) is 0 Å². The van der Waals surface area contributed by atoms with E-state index in [1.807, 2.05) is 4.57 Å². The Bertz CT molecular complexity index is 629. The summed E-state index contributed by atoms with van der Waals surface area (Å²) >= 11 is 0. The molecule has 0 radical (unpaired) electrons. The van der Waals surface area contributed by atoms with Crippen LogP contribution in [-0.4, -0.2) is 31.8 Å². The van der Waals surface area contributed by atoms with E-state index in [1.165, 1.54) is 0 Å². The Morgan fingerprint density at radius 3 is 2.60 bits per heavy atom. The molecule has 2 rings (SSSR count). The van der Waals surface area contributed by atoms with Crippen LogP contribution in [0.25, 0.3) is 11.0 Å². The number of aryl methyl sites for hydroxylation is 1. The van der Waals surface area contributed by atoms with Gasteiger partial charge in [-0.25, -0.2) is 9.78 Å². The molecule has 20 heavy (non-hydrogen) atoms. The van der Waals surface area contributed by atoms with Crippen molar-refractivity contribution in [1.29, 1.82) is 0 Å². The Balaban J connectivity index is 2.55. The van der Waals surface area contributed by atoms with Crippen molar-refractivity contribution in [2.45, 2.75) is 45.8 Å². The van der Waals surface area contributed by atoms with Crippen LogP contribution >= 0.6 is 0 Å². The van der Waals surface area contributed by atoms with E-state index in [0.717, 1.165) is 16.9 Å². The number of imidazole rings is 1. The monoisotopic (exact) mass is 276 g/mol. The molecule has 0 fully saturated rings. The number of benzene rings is 1. The summed E-state index contributed by atoms with van der Waals surface area (Å²) in [6.45, 7) is 6.48. The summed E-state index contributed by atoms with van der Waals surface area (Å²) in [7, 11) is 0. The molecule has 1 aromatic carbocycles. The second kappa shape index (κ2) is 5.63. The summed E-state index contributed by atoms with van der Waals surface area (Å²) in [5, 5.41) is 18.6. The van der Waals surface area contributed by atoms with Crippen LogP contribution in [0.4, 0.5) is 0 Å². The lowest BCUT2D eigenvalue weighted by atomic mass is 10.2. The minimum Gasteiger partial charge on any atom is -0.478 e. The molecule has 1 heterocycles. The molecule has 0 aliphatic heterocycles. The van der Waals surface area contributed by atoms with E-state index in [-0.39, 0.29) is 11.5 Å². The second-order valence-electron chi connectivity index (χ2n) is 5.42. The smallest absolute Gasteiger partial charge is 0.335 e. The van der Waals surface area contributed by atoms with E-state index >= 15 is 0 Å². The second-order valence-corrected chi connectivity index (χ2v) is 5.42. The molecule has 0 saturated heterocycles. The maximum Gasteiger partial charge on any atom is 0.335 e. The molecule has 5 heteroatoms. The minimum atomic E-state index is -0.943. The van der Waals surface area contributed by atoms with Crippen molar-refractivity contribution in [2.24, 2.45) is 0 Å². The number of aliphatic hydroxyl groups is 1. The van der Waals surface area contributed by atoms with Gasteiger partial charge in [-0.1, -0.05) is 13.8 Å². The van der Waals surface area contributed by atoms with Gasteiger partial charge in [0.15, 0.2) is 0 Å². The Morgan fingerprint density at radius 1 is 1.35 bits per heavy atom. The van der Waals surface area contributed by atoms with Gasteiger partial charge in [-0.3, -0.25) is 0 Å². The summed E-state index contributed by atoms with van der Waals surface area (Å²) < 4.78 is 2.01. The Kier molecular flexibility index (Phi) is 4.09. The third-order valence-electron chi connectivity index (χ3n) is 3.31. The Morgan fingerprint density at radius 2 is 2.05 bits per heavy atom. The standard InChI is InChI=1S/C15H20N2O3/c1-9(2)14-16-12-5-4-11(15(19)20)8-13(12)17(14)7-6-10(3)18/h4-5,8-10,18H,6-7H2,1-3H3,(H,19,20). The zero-order valence-electron chi connectivity index (χ0n) is 12.0. The predicted octanol–water partition coefficient (Wildman–Crippen LogP) is 2.63. The predicted molar refractivity (Wildman–Crippen MR) is 77.1 cm³/mol. The minimum absolute atomic E-state index is 0.240. The number of aliphatic hydroxyl groups excluding tert-OH is 1. The fraction of sp³-hybridized carbons (Fsp3) is 0.467. The Hall–Kier alpha value is -1.88. The van der Waals surface area contributed by atoms with Crippen molar-refractivity contribution < 1.29 is 15.0 Å². The topological polar surface area (TPSA) is 75.3 Å². The zero-order chi connectivity index (χ0) is 14.9. The van der Waals surface area contributed by atoms with Gasteiger partial charge in [0.05, 0.1) is 22.7 Å². The fourth-order valence-corrected chi connectivity index (χ4v) is 2.27. The maximum absolute atomic E-state index is 11.1. The van der Waals surface area contributed by atoms with Gasteiger partial charge >= 0.3 is 5.97 Å². The number of hydrogen-bond acceptors (Lipinski definition) is 3. The molecule has 108 valence electrons. The van der Waals surface area contributed by atoms with Crippen LogP contribution in [0, 0.1) is 0 Å². The first-order valence-electron chi connectivity index (χ1n) is 6.81. The van der Waals surface area contributed by atoms with E-state index in [2.05, 4.69) is 18.8 Å². The number of carbonyl (C=O) groups is 1. The SMILES string of the molecule is CC(O)CCn1c(C(C)C)nc2ccc(C(=O)O)cc21.